The average molecular weight is 303 g/mol. The zero-order valence-corrected chi connectivity index (χ0v) is 13.6. The van der Waals surface area contributed by atoms with E-state index in [0.29, 0.717) is 0 Å². The fourth-order valence-corrected chi connectivity index (χ4v) is 2.87. The molecule has 0 aliphatic carbocycles. The highest BCUT2D eigenvalue weighted by Gasteiger charge is 2.18. The molecule has 0 spiro atoms. The van der Waals surface area contributed by atoms with Crippen molar-refractivity contribution in [2.45, 2.75) is 32.4 Å². The Hall–Kier alpha value is -1.51. The summed E-state index contributed by atoms with van der Waals surface area (Å²) in [6.07, 6.45) is 0.922. The summed E-state index contributed by atoms with van der Waals surface area (Å²) < 4.78 is 0. The molecule has 2 N–H and O–H groups in total. The molecule has 2 aromatic rings. The lowest BCUT2D eigenvalue weighted by Crippen LogP contribution is -2.24. The highest BCUT2D eigenvalue weighted by molar-refractivity contribution is 6.31. The summed E-state index contributed by atoms with van der Waals surface area (Å²) >= 11 is 6.33. The van der Waals surface area contributed by atoms with Crippen LogP contribution in [-0.2, 0) is 0 Å². The first-order chi connectivity index (χ1) is 10.1. The Labute approximate surface area is 132 Å². The Kier molecular flexibility index (Phi) is 5.27. The molecule has 2 nitrogen and oxygen atoms in total. The summed E-state index contributed by atoms with van der Waals surface area (Å²) in [4.78, 5) is 2.24. The van der Waals surface area contributed by atoms with E-state index >= 15 is 0 Å². The maximum absolute atomic E-state index is 6.33. The van der Waals surface area contributed by atoms with Crippen LogP contribution in [0.25, 0.3) is 0 Å². The normalized spacial score (nSPS) is 13.8. The first-order valence-electron chi connectivity index (χ1n) is 7.38. The molecule has 0 saturated carbocycles. The Bertz CT molecular complexity index is 597. The molecule has 2 atom stereocenters. The van der Waals surface area contributed by atoms with Gasteiger partial charge < -0.3 is 10.6 Å². The average Bonchev–Trinajstić information content (AvgIpc) is 2.53. The summed E-state index contributed by atoms with van der Waals surface area (Å²) in [6.45, 7) is 4.27. The minimum Gasteiger partial charge on any atom is -0.368 e. The molecule has 2 aromatic carbocycles. The largest absolute Gasteiger partial charge is 0.368 e. The van der Waals surface area contributed by atoms with Crippen molar-refractivity contribution in [1.82, 2.24) is 0 Å². The van der Waals surface area contributed by atoms with Gasteiger partial charge in [0, 0.05) is 23.8 Å². The van der Waals surface area contributed by atoms with Crippen molar-refractivity contribution in [1.29, 1.82) is 0 Å². The summed E-state index contributed by atoms with van der Waals surface area (Å²) in [7, 11) is 2.09. The van der Waals surface area contributed by atoms with E-state index in [1.165, 1.54) is 11.3 Å². The molecule has 0 heterocycles. The number of anilines is 1. The fraction of sp³-hybridized carbons (Fsp3) is 0.333. The molecule has 21 heavy (non-hydrogen) atoms. The Balaban J connectivity index is 2.36. The molecule has 0 aliphatic heterocycles. The molecule has 0 saturated heterocycles. The van der Waals surface area contributed by atoms with Crippen molar-refractivity contribution in [3.05, 3.63) is 64.7 Å². The zero-order valence-electron chi connectivity index (χ0n) is 12.9. The molecule has 0 amide bonds. The van der Waals surface area contributed by atoms with Crippen LogP contribution in [0.4, 0.5) is 5.69 Å². The lowest BCUT2D eigenvalue weighted by atomic mass is 10.0. The van der Waals surface area contributed by atoms with E-state index in [0.717, 1.165) is 17.0 Å². The number of hydrogen-bond acceptors (Lipinski definition) is 2. The van der Waals surface area contributed by atoms with Crippen LogP contribution in [-0.4, -0.2) is 7.05 Å². The minimum atomic E-state index is 0.0575. The molecule has 112 valence electrons. The molecule has 0 aliphatic rings. The van der Waals surface area contributed by atoms with Crippen molar-refractivity contribution in [3.63, 3.8) is 0 Å². The van der Waals surface area contributed by atoms with Crippen molar-refractivity contribution in [2.75, 3.05) is 11.9 Å². The second-order valence-corrected chi connectivity index (χ2v) is 5.79. The van der Waals surface area contributed by atoms with Crippen molar-refractivity contribution in [2.24, 2.45) is 5.73 Å². The third-order valence-corrected chi connectivity index (χ3v) is 4.44. The van der Waals surface area contributed by atoms with Crippen LogP contribution in [0, 0.1) is 0 Å². The molecule has 2 rings (SSSR count). The van der Waals surface area contributed by atoms with Crippen LogP contribution in [0.15, 0.2) is 48.5 Å². The van der Waals surface area contributed by atoms with Gasteiger partial charge in [-0.1, -0.05) is 54.9 Å². The monoisotopic (exact) mass is 302 g/mol. The van der Waals surface area contributed by atoms with Crippen molar-refractivity contribution >= 4 is 17.3 Å². The fourth-order valence-electron chi connectivity index (χ4n) is 2.57. The molecular weight excluding hydrogens is 280 g/mol. The van der Waals surface area contributed by atoms with Gasteiger partial charge in [-0.15, -0.1) is 0 Å². The second-order valence-electron chi connectivity index (χ2n) is 5.38. The molecule has 1 unspecified atom stereocenters. The van der Waals surface area contributed by atoms with Gasteiger partial charge in [-0.2, -0.15) is 0 Å². The van der Waals surface area contributed by atoms with Gasteiger partial charge in [0.25, 0.3) is 0 Å². The number of hydrogen-bond donors (Lipinski definition) is 1. The summed E-state index contributed by atoms with van der Waals surface area (Å²) in [6, 6.07) is 16.6. The molecule has 3 heteroatoms. The molecule has 0 bridgehead atoms. The van der Waals surface area contributed by atoms with Crippen LogP contribution in [0.3, 0.4) is 0 Å². The first-order valence-corrected chi connectivity index (χ1v) is 7.75. The lowest BCUT2D eigenvalue weighted by molar-refractivity contribution is 0.679. The van der Waals surface area contributed by atoms with Gasteiger partial charge in [0.15, 0.2) is 0 Å². The standard InChI is InChI=1S/C18H23ClN2/c1-4-17(20)15-10-6-8-12-18(15)21(3)13(2)14-9-5-7-11-16(14)19/h5-13,17H,4,20H2,1-3H3/t13?,17-/m0/s1. The topological polar surface area (TPSA) is 29.3 Å². The van der Waals surface area contributed by atoms with E-state index in [4.69, 9.17) is 17.3 Å². The van der Waals surface area contributed by atoms with Crippen molar-refractivity contribution < 1.29 is 0 Å². The summed E-state index contributed by atoms with van der Waals surface area (Å²) in [5, 5.41) is 0.800. The highest BCUT2D eigenvalue weighted by atomic mass is 35.5. The van der Waals surface area contributed by atoms with Gasteiger partial charge >= 0.3 is 0 Å². The SMILES string of the molecule is CC[C@H](N)c1ccccc1N(C)C(C)c1ccccc1Cl. The number of nitrogens with two attached hydrogens (primary N) is 1. The van der Waals surface area contributed by atoms with Gasteiger partial charge in [0.05, 0.1) is 6.04 Å². The van der Waals surface area contributed by atoms with Gasteiger partial charge in [-0.25, -0.2) is 0 Å². The molecular formula is C18H23ClN2. The summed E-state index contributed by atoms with van der Waals surface area (Å²) in [5.74, 6) is 0. The highest BCUT2D eigenvalue weighted by Crippen LogP contribution is 2.33. The number of rotatable bonds is 5. The third-order valence-electron chi connectivity index (χ3n) is 4.09. The van der Waals surface area contributed by atoms with E-state index in [-0.39, 0.29) is 12.1 Å². The Morgan fingerprint density at radius 1 is 1.05 bits per heavy atom. The van der Waals surface area contributed by atoms with E-state index in [2.05, 4.69) is 50.1 Å². The van der Waals surface area contributed by atoms with Gasteiger partial charge in [-0.05, 0) is 36.6 Å². The molecule has 0 fully saturated rings. The van der Waals surface area contributed by atoms with E-state index in [9.17, 15) is 0 Å². The number of para-hydroxylation sites is 1. The number of benzene rings is 2. The van der Waals surface area contributed by atoms with Gasteiger partial charge in [-0.3, -0.25) is 0 Å². The molecule has 0 radical (unpaired) electrons. The summed E-state index contributed by atoms with van der Waals surface area (Å²) in [5.41, 5.74) is 9.72. The minimum absolute atomic E-state index is 0.0575. The lowest BCUT2D eigenvalue weighted by Gasteiger charge is -2.31. The van der Waals surface area contributed by atoms with Crippen LogP contribution in [0.2, 0.25) is 5.02 Å². The Morgan fingerprint density at radius 3 is 2.24 bits per heavy atom. The maximum atomic E-state index is 6.33. The van der Waals surface area contributed by atoms with Crippen LogP contribution in [0.1, 0.15) is 43.5 Å². The smallest absolute Gasteiger partial charge is 0.0525 e. The molecule has 0 aromatic heterocycles. The van der Waals surface area contributed by atoms with Crippen LogP contribution >= 0.6 is 11.6 Å². The van der Waals surface area contributed by atoms with E-state index in [1.807, 2.05) is 24.3 Å². The first kappa shape index (κ1) is 15.9. The predicted molar refractivity (Wildman–Crippen MR) is 91.9 cm³/mol. The zero-order chi connectivity index (χ0) is 15.4. The van der Waals surface area contributed by atoms with E-state index in [1.54, 1.807) is 0 Å². The van der Waals surface area contributed by atoms with Gasteiger partial charge in [0.1, 0.15) is 0 Å². The number of halogens is 1. The van der Waals surface area contributed by atoms with Crippen molar-refractivity contribution in [3.8, 4) is 0 Å². The quantitative estimate of drug-likeness (QED) is 0.847. The maximum Gasteiger partial charge on any atom is 0.0525 e. The van der Waals surface area contributed by atoms with E-state index < -0.39 is 0 Å². The van der Waals surface area contributed by atoms with Gasteiger partial charge in [0.2, 0.25) is 0 Å². The Morgan fingerprint density at radius 2 is 1.62 bits per heavy atom. The van der Waals surface area contributed by atoms with Crippen LogP contribution in [0.5, 0.6) is 0 Å². The predicted octanol–water partition coefficient (Wildman–Crippen LogP) is 4.95. The third kappa shape index (κ3) is 3.39. The second kappa shape index (κ2) is 6.97. The van der Waals surface area contributed by atoms with Crippen LogP contribution < -0.4 is 10.6 Å². The number of nitrogens with zero attached hydrogens (tertiary/aromatic N) is 1.